The van der Waals surface area contributed by atoms with E-state index in [0.717, 1.165) is 23.5 Å². The molecule has 1 aliphatic rings. The van der Waals surface area contributed by atoms with Crippen LogP contribution in [0.25, 0.3) is 0 Å². The number of aryl methyl sites for hydroxylation is 3. The van der Waals surface area contributed by atoms with Crippen molar-refractivity contribution in [3.63, 3.8) is 0 Å². The van der Waals surface area contributed by atoms with Crippen LogP contribution in [0.3, 0.4) is 0 Å². The quantitative estimate of drug-likeness (QED) is 0.837. The van der Waals surface area contributed by atoms with Crippen LogP contribution < -0.4 is 5.32 Å². The average molecular weight is 391 g/mol. The molecular weight excluding hydrogens is 364 g/mol. The highest BCUT2D eigenvalue weighted by Crippen LogP contribution is 2.30. The van der Waals surface area contributed by atoms with Gasteiger partial charge >= 0.3 is 0 Å². The second-order valence-corrected chi connectivity index (χ2v) is 9.75. The van der Waals surface area contributed by atoms with Crippen molar-refractivity contribution < 1.29 is 8.42 Å². The second-order valence-electron chi connectivity index (χ2n) is 7.26. The summed E-state index contributed by atoms with van der Waals surface area (Å²) in [5.74, 6) is 1.80. The summed E-state index contributed by atoms with van der Waals surface area (Å²) in [5, 5.41) is 2.73. The highest BCUT2D eigenvalue weighted by molar-refractivity contribution is 7.89. The fourth-order valence-corrected chi connectivity index (χ4v) is 4.60. The molecule has 1 N–H and O–H groups in total. The van der Waals surface area contributed by atoms with Crippen molar-refractivity contribution in [2.45, 2.75) is 52.2 Å². The lowest BCUT2D eigenvalue weighted by Crippen LogP contribution is -2.34. The molecule has 2 aromatic rings. The molecule has 0 aromatic carbocycles. The summed E-state index contributed by atoms with van der Waals surface area (Å²) in [5.41, 5.74) is 2.60. The largest absolute Gasteiger partial charge is 0.309 e. The molecule has 1 saturated heterocycles. The Balaban J connectivity index is 1.82. The molecule has 0 radical (unpaired) electrons. The van der Waals surface area contributed by atoms with Crippen LogP contribution in [-0.4, -0.2) is 51.0 Å². The van der Waals surface area contributed by atoms with Crippen molar-refractivity contribution in [3.8, 4) is 0 Å². The molecule has 27 heavy (non-hydrogen) atoms. The molecule has 146 valence electrons. The molecule has 0 spiro atoms. The minimum atomic E-state index is -3.24. The summed E-state index contributed by atoms with van der Waals surface area (Å²) < 4.78 is 26.4. The molecule has 2 aromatic heterocycles. The third-order valence-electron chi connectivity index (χ3n) is 4.60. The van der Waals surface area contributed by atoms with Crippen LogP contribution >= 0.6 is 0 Å². The predicted molar refractivity (Wildman–Crippen MR) is 105 cm³/mol. The van der Waals surface area contributed by atoms with Crippen LogP contribution in [0.5, 0.6) is 0 Å². The molecule has 0 unspecified atom stereocenters. The minimum absolute atomic E-state index is 0.0564. The number of nitrogens with zero attached hydrogens (tertiary/aromatic N) is 5. The van der Waals surface area contributed by atoms with Gasteiger partial charge in [-0.1, -0.05) is 0 Å². The highest BCUT2D eigenvalue weighted by Gasteiger charge is 2.34. The van der Waals surface area contributed by atoms with E-state index in [-0.39, 0.29) is 5.92 Å². The van der Waals surface area contributed by atoms with E-state index < -0.39 is 15.3 Å². The van der Waals surface area contributed by atoms with Gasteiger partial charge in [-0.05, 0) is 47.1 Å². The first-order valence-corrected chi connectivity index (χ1v) is 10.6. The monoisotopic (exact) mass is 390 g/mol. The lowest BCUT2D eigenvalue weighted by Gasteiger charge is -2.19. The molecule has 9 heteroatoms. The van der Waals surface area contributed by atoms with Crippen molar-refractivity contribution in [1.29, 1.82) is 0 Å². The molecule has 3 rings (SSSR count). The van der Waals surface area contributed by atoms with E-state index in [1.807, 2.05) is 32.9 Å². The maximum absolute atomic E-state index is 12.4. The summed E-state index contributed by atoms with van der Waals surface area (Å²) in [6.07, 6.45) is 0.752. The molecule has 0 amide bonds. The molecule has 1 fully saturated rings. The Morgan fingerprint density at radius 1 is 1.07 bits per heavy atom. The van der Waals surface area contributed by atoms with Crippen LogP contribution in [0.4, 0.5) is 11.8 Å². The third-order valence-corrected chi connectivity index (χ3v) is 6.85. The zero-order valence-corrected chi connectivity index (χ0v) is 17.2. The summed E-state index contributed by atoms with van der Waals surface area (Å²) in [7, 11) is -3.24. The first kappa shape index (κ1) is 19.6. The van der Waals surface area contributed by atoms with Gasteiger partial charge in [0.25, 0.3) is 0 Å². The number of rotatable bonds is 5. The second kappa shape index (κ2) is 7.47. The van der Waals surface area contributed by atoms with E-state index in [0.29, 0.717) is 30.7 Å². The number of hydrogen-bond acceptors (Lipinski definition) is 7. The fourth-order valence-electron chi connectivity index (χ4n) is 3.26. The van der Waals surface area contributed by atoms with Crippen LogP contribution in [0.2, 0.25) is 0 Å². The standard InChI is InChI=1S/C18H26N6O2S/c1-11(2)27(25,26)24-7-6-15(10-24)16-9-17(22-14(5)21-16)23-18-19-12(3)8-13(4)20-18/h8-9,11,15H,6-7,10H2,1-5H3,(H,19,20,21,22,23)/t15-/m0/s1. The smallest absolute Gasteiger partial charge is 0.228 e. The zero-order chi connectivity index (χ0) is 19.8. The topological polar surface area (TPSA) is 101 Å². The molecule has 0 saturated carbocycles. The van der Waals surface area contributed by atoms with Gasteiger partial charge in [-0.25, -0.2) is 32.7 Å². The Morgan fingerprint density at radius 2 is 1.74 bits per heavy atom. The number of hydrogen-bond donors (Lipinski definition) is 1. The lowest BCUT2D eigenvalue weighted by molar-refractivity contribution is 0.465. The molecule has 1 aliphatic heterocycles. The Hall–Kier alpha value is -2.13. The average Bonchev–Trinajstić information content (AvgIpc) is 3.03. The van der Waals surface area contributed by atoms with Gasteiger partial charge in [0.05, 0.1) is 10.9 Å². The third kappa shape index (κ3) is 4.41. The van der Waals surface area contributed by atoms with E-state index in [4.69, 9.17) is 0 Å². The highest BCUT2D eigenvalue weighted by atomic mass is 32.2. The summed E-state index contributed by atoms with van der Waals surface area (Å²) in [6, 6.07) is 3.77. The van der Waals surface area contributed by atoms with Crippen LogP contribution in [0.1, 0.15) is 49.1 Å². The normalized spacial score (nSPS) is 18.2. The summed E-state index contributed by atoms with van der Waals surface area (Å²) in [4.78, 5) is 17.7. The van der Waals surface area contributed by atoms with Gasteiger partial charge in [0.2, 0.25) is 16.0 Å². The van der Waals surface area contributed by atoms with Gasteiger partial charge in [-0.2, -0.15) is 0 Å². The SMILES string of the molecule is Cc1cc(C)nc(Nc2cc([C@H]3CCN(S(=O)(=O)C(C)C)C3)nc(C)n2)n1. The van der Waals surface area contributed by atoms with Gasteiger partial charge in [0.15, 0.2) is 0 Å². The van der Waals surface area contributed by atoms with E-state index in [1.165, 1.54) is 0 Å². The van der Waals surface area contributed by atoms with Crippen LogP contribution in [0, 0.1) is 20.8 Å². The Morgan fingerprint density at radius 3 is 2.37 bits per heavy atom. The number of anilines is 2. The molecule has 0 bridgehead atoms. The lowest BCUT2D eigenvalue weighted by atomic mass is 10.0. The maximum Gasteiger partial charge on any atom is 0.228 e. The summed E-state index contributed by atoms with van der Waals surface area (Å²) in [6.45, 7) is 10.1. The molecule has 1 atom stereocenters. The zero-order valence-electron chi connectivity index (χ0n) is 16.4. The van der Waals surface area contributed by atoms with Gasteiger partial charge in [0.1, 0.15) is 11.6 Å². The summed E-state index contributed by atoms with van der Waals surface area (Å²) >= 11 is 0. The van der Waals surface area contributed by atoms with E-state index in [1.54, 1.807) is 18.2 Å². The van der Waals surface area contributed by atoms with Gasteiger partial charge < -0.3 is 5.32 Å². The van der Waals surface area contributed by atoms with Gasteiger partial charge in [-0.3, -0.25) is 0 Å². The maximum atomic E-state index is 12.4. The van der Waals surface area contributed by atoms with E-state index in [9.17, 15) is 8.42 Å². The van der Waals surface area contributed by atoms with Crippen LogP contribution in [0.15, 0.2) is 12.1 Å². The van der Waals surface area contributed by atoms with Crippen molar-refractivity contribution >= 4 is 21.8 Å². The molecule has 0 aliphatic carbocycles. The van der Waals surface area contributed by atoms with E-state index in [2.05, 4.69) is 25.3 Å². The number of sulfonamides is 1. The fraction of sp³-hybridized carbons (Fsp3) is 0.556. The van der Waals surface area contributed by atoms with Crippen molar-refractivity contribution in [2.24, 2.45) is 0 Å². The minimum Gasteiger partial charge on any atom is -0.309 e. The van der Waals surface area contributed by atoms with Gasteiger partial charge in [0, 0.05) is 36.5 Å². The number of aromatic nitrogens is 4. The Labute approximate surface area is 160 Å². The van der Waals surface area contributed by atoms with Crippen molar-refractivity contribution in [2.75, 3.05) is 18.4 Å². The number of nitrogens with one attached hydrogen (secondary N) is 1. The Bertz CT molecular complexity index is 925. The molecule has 8 nitrogen and oxygen atoms in total. The first-order chi connectivity index (χ1) is 12.6. The Kier molecular flexibility index (Phi) is 5.43. The van der Waals surface area contributed by atoms with Gasteiger partial charge in [-0.15, -0.1) is 0 Å². The van der Waals surface area contributed by atoms with Crippen molar-refractivity contribution in [3.05, 3.63) is 35.0 Å². The molecule has 3 heterocycles. The van der Waals surface area contributed by atoms with E-state index >= 15 is 0 Å². The van der Waals surface area contributed by atoms with Crippen molar-refractivity contribution in [1.82, 2.24) is 24.2 Å². The predicted octanol–water partition coefficient (Wildman–Crippen LogP) is 2.46. The van der Waals surface area contributed by atoms with Crippen LogP contribution in [-0.2, 0) is 10.0 Å². The molecular formula is C18H26N6O2S. The first-order valence-electron chi connectivity index (χ1n) is 9.09.